The molecule has 2 rings (SSSR count). The van der Waals surface area contributed by atoms with Gasteiger partial charge in [0, 0.05) is 35.3 Å². The molecule has 0 bridgehead atoms. The number of ether oxygens (including phenoxy) is 1. The Bertz CT molecular complexity index is 593. The van der Waals surface area contributed by atoms with Gasteiger partial charge in [0.2, 0.25) is 5.88 Å². The van der Waals surface area contributed by atoms with E-state index in [0.29, 0.717) is 12.5 Å². The minimum absolute atomic E-state index is 0.0916. The van der Waals surface area contributed by atoms with Gasteiger partial charge in [0.25, 0.3) is 0 Å². The lowest BCUT2D eigenvalue weighted by atomic mass is 9.94. The number of aryl methyl sites for hydroxylation is 1. The zero-order chi connectivity index (χ0) is 14.8. The molecule has 0 saturated heterocycles. The van der Waals surface area contributed by atoms with E-state index in [1.165, 1.54) is 0 Å². The quantitative estimate of drug-likeness (QED) is 0.839. The first kappa shape index (κ1) is 14.7. The molecule has 0 fully saturated rings. The molecule has 0 N–H and O–H groups in total. The molecule has 0 aliphatic heterocycles. The molecule has 4 nitrogen and oxygen atoms in total. The van der Waals surface area contributed by atoms with Crippen molar-refractivity contribution in [2.75, 3.05) is 27.2 Å². The summed E-state index contributed by atoms with van der Waals surface area (Å²) in [6.07, 6.45) is 1.78. The summed E-state index contributed by atoms with van der Waals surface area (Å²) >= 11 is 0. The molecule has 0 unspecified atom stereocenters. The number of nitrogens with zero attached hydrogens (tertiary/aromatic N) is 3. The average Bonchev–Trinajstić information content (AvgIpc) is 2.35. The number of aromatic nitrogens is 2. The fourth-order valence-corrected chi connectivity index (χ4v) is 2.43. The highest BCUT2D eigenvalue weighted by molar-refractivity contribution is 5.80. The van der Waals surface area contributed by atoms with Crippen LogP contribution in [0.1, 0.15) is 19.5 Å². The zero-order valence-electron chi connectivity index (χ0n) is 13.0. The Morgan fingerprint density at radius 3 is 2.65 bits per heavy atom. The van der Waals surface area contributed by atoms with Crippen LogP contribution >= 0.6 is 0 Å². The topological polar surface area (TPSA) is 38.3 Å². The number of hydrogen-bond donors (Lipinski definition) is 0. The minimum atomic E-state index is 0.0916. The zero-order valence-corrected chi connectivity index (χ0v) is 13.0. The van der Waals surface area contributed by atoms with Crippen LogP contribution in [0.2, 0.25) is 0 Å². The Kier molecular flexibility index (Phi) is 4.23. The van der Waals surface area contributed by atoms with E-state index < -0.39 is 0 Å². The second-order valence-electron chi connectivity index (χ2n) is 6.30. The van der Waals surface area contributed by atoms with E-state index in [2.05, 4.69) is 42.8 Å². The van der Waals surface area contributed by atoms with E-state index in [1.54, 1.807) is 6.20 Å². The normalized spacial score (nSPS) is 12.1. The molecule has 0 atom stereocenters. The Labute approximate surface area is 120 Å². The van der Waals surface area contributed by atoms with E-state index in [-0.39, 0.29) is 5.41 Å². The molecule has 0 saturated carbocycles. The summed E-state index contributed by atoms with van der Waals surface area (Å²) in [6.45, 7) is 8.01. The molecule has 0 aliphatic rings. The molecular formula is C16H23N3O. The summed E-state index contributed by atoms with van der Waals surface area (Å²) in [5.41, 5.74) is 2.02. The smallest absolute Gasteiger partial charge is 0.213 e. The van der Waals surface area contributed by atoms with E-state index in [1.807, 2.05) is 25.1 Å². The van der Waals surface area contributed by atoms with Gasteiger partial charge in [-0.25, -0.2) is 4.98 Å². The molecule has 0 aromatic carbocycles. The molecular weight excluding hydrogens is 250 g/mol. The molecule has 0 spiro atoms. The SMILES string of the molecule is Cc1nccc2nc(OCC(C)(C)CN(C)C)ccc12. The van der Waals surface area contributed by atoms with Crippen molar-refractivity contribution in [2.24, 2.45) is 5.41 Å². The first-order valence-corrected chi connectivity index (χ1v) is 6.87. The second-order valence-corrected chi connectivity index (χ2v) is 6.30. The van der Waals surface area contributed by atoms with Crippen molar-refractivity contribution in [1.29, 1.82) is 0 Å². The maximum atomic E-state index is 5.86. The molecule has 2 aromatic rings. The van der Waals surface area contributed by atoms with Crippen LogP contribution in [-0.2, 0) is 0 Å². The van der Waals surface area contributed by atoms with E-state index >= 15 is 0 Å². The molecule has 2 aromatic heterocycles. The van der Waals surface area contributed by atoms with Crippen LogP contribution in [0.25, 0.3) is 10.9 Å². The van der Waals surface area contributed by atoms with Crippen molar-refractivity contribution < 1.29 is 4.74 Å². The van der Waals surface area contributed by atoms with Gasteiger partial charge in [0.15, 0.2) is 0 Å². The van der Waals surface area contributed by atoms with Gasteiger partial charge < -0.3 is 9.64 Å². The van der Waals surface area contributed by atoms with Gasteiger partial charge in [-0.05, 0) is 33.2 Å². The van der Waals surface area contributed by atoms with Crippen molar-refractivity contribution in [1.82, 2.24) is 14.9 Å². The van der Waals surface area contributed by atoms with E-state index in [9.17, 15) is 0 Å². The predicted octanol–water partition coefficient (Wildman–Crippen LogP) is 2.90. The third kappa shape index (κ3) is 3.67. The van der Waals surface area contributed by atoms with Gasteiger partial charge in [-0.15, -0.1) is 0 Å². The molecule has 0 radical (unpaired) electrons. The lowest BCUT2D eigenvalue weighted by Gasteiger charge is -2.27. The fraction of sp³-hybridized carbons (Fsp3) is 0.500. The van der Waals surface area contributed by atoms with Crippen LogP contribution in [0.5, 0.6) is 5.88 Å². The molecule has 0 aliphatic carbocycles. The average molecular weight is 273 g/mol. The Morgan fingerprint density at radius 1 is 1.20 bits per heavy atom. The van der Waals surface area contributed by atoms with Crippen LogP contribution in [0.4, 0.5) is 0 Å². The van der Waals surface area contributed by atoms with Crippen LogP contribution in [0, 0.1) is 12.3 Å². The van der Waals surface area contributed by atoms with Crippen LogP contribution < -0.4 is 4.74 Å². The summed E-state index contributed by atoms with van der Waals surface area (Å²) in [6, 6.07) is 5.86. The Morgan fingerprint density at radius 2 is 1.95 bits per heavy atom. The highest BCUT2D eigenvalue weighted by atomic mass is 16.5. The van der Waals surface area contributed by atoms with Gasteiger partial charge in [-0.3, -0.25) is 4.98 Å². The largest absolute Gasteiger partial charge is 0.477 e. The Hall–Kier alpha value is -1.68. The van der Waals surface area contributed by atoms with Gasteiger partial charge in [-0.2, -0.15) is 0 Å². The standard InChI is InChI=1S/C16H23N3O/c1-12-13-6-7-15(18-14(13)8-9-17-12)20-11-16(2,3)10-19(4)5/h6-9H,10-11H2,1-5H3. The van der Waals surface area contributed by atoms with Gasteiger partial charge in [0.05, 0.1) is 12.1 Å². The van der Waals surface area contributed by atoms with Gasteiger partial charge in [0.1, 0.15) is 0 Å². The first-order chi connectivity index (χ1) is 9.37. The molecule has 0 amide bonds. The third-order valence-corrected chi connectivity index (χ3v) is 3.14. The van der Waals surface area contributed by atoms with E-state index in [0.717, 1.165) is 23.1 Å². The second kappa shape index (κ2) is 5.75. The van der Waals surface area contributed by atoms with E-state index in [4.69, 9.17) is 4.74 Å². The first-order valence-electron chi connectivity index (χ1n) is 6.87. The summed E-state index contributed by atoms with van der Waals surface area (Å²) in [5, 5.41) is 1.08. The fourth-order valence-electron chi connectivity index (χ4n) is 2.43. The Balaban J connectivity index is 2.11. The van der Waals surface area contributed by atoms with Crippen LogP contribution in [0.15, 0.2) is 24.4 Å². The predicted molar refractivity (Wildman–Crippen MR) is 82.1 cm³/mol. The summed E-state index contributed by atoms with van der Waals surface area (Å²) in [4.78, 5) is 11.0. The highest BCUT2D eigenvalue weighted by Crippen LogP contribution is 2.21. The lowest BCUT2D eigenvalue weighted by Crippen LogP contribution is -2.33. The minimum Gasteiger partial charge on any atom is -0.477 e. The van der Waals surface area contributed by atoms with Crippen molar-refractivity contribution in [3.05, 3.63) is 30.1 Å². The van der Waals surface area contributed by atoms with Crippen LogP contribution in [-0.4, -0.2) is 42.1 Å². The number of rotatable bonds is 5. The number of pyridine rings is 2. The monoisotopic (exact) mass is 273 g/mol. The van der Waals surface area contributed by atoms with Crippen molar-refractivity contribution >= 4 is 10.9 Å². The molecule has 20 heavy (non-hydrogen) atoms. The summed E-state index contributed by atoms with van der Waals surface area (Å²) in [7, 11) is 4.15. The highest BCUT2D eigenvalue weighted by Gasteiger charge is 2.20. The maximum Gasteiger partial charge on any atom is 0.213 e. The van der Waals surface area contributed by atoms with Gasteiger partial charge >= 0.3 is 0 Å². The number of hydrogen-bond acceptors (Lipinski definition) is 4. The molecule has 108 valence electrons. The maximum absolute atomic E-state index is 5.86. The van der Waals surface area contributed by atoms with Gasteiger partial charge in [-0.1, -0.05) is 13.8 Å². The summed E-state index contributed by atoms with van der Waals surface area (Å²) < 4.78 is 5.86. The third-order valence-electron chi connectivity index (χ3n) is 3.14. The summed E-state index contributed by atoms with van der Waals surface area (Å²) in [5.74, 6) is 0.676. The molecule has 4 heteroatoms. The van der Waals surface area contributed by atoms with Crippen LogP contribution in [0.3, 0.4) is 0 Å². The lowest BCUT2D eigenvalue weighted by molar-refractivity contribution is 0.138. The molecule has 2 heterocycles. The van der Waals surface area contributed by atoms with Crippen molar-refractivity contribution in [3.8, 4) is 5.88 Å². The van der Waals surface area contributed by atoms with Crippen molar-refractivity contribution in [3.63, 3.8) is 0 Å². The van der Waals surface area contributed by atoms with Crippen molar-refractivity contribution in [2.45, 2.75) is 20.8 Å². The number of fused-ring (bicyclic) bond motifs is 1.